The van der Waals surface area contributed by atoms with Crippen molar-refractivity contribution < 1.29 is 9.53 Å². The summed E-state index contributed by atoms with van der Waals surface area (Å²) in [7, 11) is 0. The van der Waals surface area contributed by atoms with E-state index in [2.05, 4.69) is 4.98 Å². The number of ether oxygens (including phenoxy) is 1. The summed E-state index contributed by atoms with van der Waals surface area (Å²) in [5.41, 5.74) is 9.21. The Morgan fingerprint density at radius 1 is 1.18 bits per heavy atom. The molecule has 22 heavy (non-hydrogen) atoms. The Bertz CT molecular complexity index is 790. The number of para-hydroxylation sites is 1. The normalized spacial score (nSPS) is 12.2. The van der Waals surface area contributed by atoms with Gasteiger partial charge in [-0.05, 0) is 36.2 Å². The first-order chi connectivity index (χ1) is 10.7. The number of carbonyl (C=O) groups excluding carboxylic acids is 1. The second kappa shape index (κ2) is 5.93. The van der Waals surface area contributed by atoms with Crippen LogP contribution in [0.2, 0.25) is 0 Å². The fourth-order valence-electron chi connectivity index (χ4n) is 2.69. The molecule has 3 N–H and O–H groups in total. The van der Waals surface area contributed by atoms with Gasteiger partial charge in [-0.1, -0.05) is 30.3 Å². The number of esters is 1. The van der Waals surface area contributed by atoms with Gasteiger partial charge in [-0.15, -0.1) is 0 Å². The highest BCUT2D eigenvalue weighted by molar-refractivity contribution is 5.92. The van der Waals surface area contributed by atoms with Gasteiger partial charge in [0, 0.05) is 22.8 Å². The summed E-state index contributed by atoms with van der Waals surface area (Å²) in [5.74, 6) is -0.714. The van der Waals surface area contributed by atoms with E-state index in [-0.39, 0.29) is 5.97 Å². The second-order valence-corrected chi connectivity index (χ2v) is 5.14. The number of fused-ring (bicyclic) bond motifs is 1. The van der Waals surface area contributed by atoms with Gasteiger partial charge in [0.05, 0.1) is 6.61 Å². The monoisotopic (exact) mass is 294 g/mol. The van der Waals surface area contributed by atoms with Crippen LogP contribution in [0.25, 0.3) is 10.9 Å². The molecule has 0 aliphatic carbocycles. The molecule has 0 fully saturated rings. The summed E-state index contributed by atoms with van der Waals surface area (Å²) in [6.45, 7) is 2.17. The largest absolute Gasteiger partial charge is 0.465 e. The van der Waals surface area contributed by atoms with Crippen molar-refractivity contribution in [3.8, 4) is 0 Å². The Morgan fingerprint density at radius 2 is 1.91 bits per heavy atom. The lowest BCUT2D eigenvalue weighted by Gasteiger charge is -2.16. The minimum Gasteiger partial charge on any atom is -0.465 e. The van der Waals surface area contributed by atoms with Crippen LogP contribution in [-0.4, -0.2) is 17.6 Å². The third-order valence-electron chi connectivity index (χ3n) is 3.72. The predicted molar refractivity (Wildman–Crippen MR) is 87.6 cm³/mol. The molecule has 3 rings (SSSR count). The van der Waals surface area contributed by atoms with Crippen molar-refractivity contribution in [2.24, 2.45) is 0 Å². The van der Waals surface area contributed by atoms with Crippen molar-refractivity contribution >= 4 is 22.6 Å². The summed E-state index contributed by atoms with van der Waals surface area (Å²) >= 11 is 0. The van der Waals surface area contributed by atoms with Gasteiger partial charge >= 0.3 is 5.97 Å². The van der Waals surface area contributed by atoms with Gasteiger partial charge in [0.15, 0.2) is 0 Å². The molecule has 1 unspecified atom stereocenters. The van der Waals surface area contributed by atoms with Crippen molar-refractivity contribution in [3.63, 3.8) is 0 Å². The number of aromatic nitrogens is 1. The molecule has 3 aromatic rings. The van der Waals surface area contributed by atoms with Gasteiger partial charge in [0.2, 0.25) is 0 Å². The Hall–Kier alpha value is -2.75. The number of anilines is 1. The van der Waals surface area contributed by atoms with Crippen LogP contribution in [0.3, 0.4) is 0 Å². The maximum atomic E-state index is 12.5. The lowest BCUT2D eigenvalue weighted by atomic mass is 9.91. The number of hydrogen-bond donors (Lipinski definition) is 2. The molecule has 0 radical (unpaired) electrons. The van der Waals surface area contributed by atoms with Crippen LogP contribution >= 0.6 is 0 Å². The molecule has 4 nitrogen and oxygen atoms in total. The van der Waals surface area contributed by atoms with Crippen molar-refractivity contribution in [1.29, 1.82) is 0 Å². The average Bonchev–Trinajstić information content (AvgIpc) is 2.94. The maximum Gasteiger partial charge on any atom is 0.317 e. The number of hydrogen-bond acceptors (Lipinski definition) is 3. The quantitative estimate of drug-likeness (QED) is 0.572. The van der Waals surface area contributed by atoms with Crippen molar-refractivity contribution in [3.05, 3.63) is 65.9 Å². The first kappa shape index (κ1) is 14.2. The highest BCUT2D eigenvalue weighted by atomic mass is 16.5. The summed E-state index contributed by atoms with van der Waals surface area (Å²) < 4.78 is 5.28. The molecule has 1 aromatic heterocycles. The van der Waals surface area contributed by atoms with E-state index in [4.69, 9.17) is 10.5 Å². The highest BCUT2D eigenvalue weighted by Crippen LogP contribution is 2.32. The van der Waals surface area contributed by atoms with Crippen molar-refractivity contribution in [2.45, 2.75) is 12.8 Å². The van der Waals surface area contributed by atoms with E-state index in [0.29, 0.717) is 12.3 Å². The molecule has 0 aliphatic heterocycles. The van der Waals surface area contributed by atoms with Gasteiger partial charge in [-0.25, -0.2) is 0 Å². The van der Waals surface area contributed by atoms with Crippen LogP contribution in [0, 0.1) is 0 Å². The zero-order valence-electron chi connectivity index (χ0n) is 12.4. The first-order valence-corrected chi connectivity index (χ1v) is 7.28. The van der Waals surface area contributed by atoms with E-state index in [9.17, 15) is 4.79 Å². The Labute approximate surface area is 128 Å². The van der Waals surface area contributed by atoms with Crippen LogP contribution in [-0.2, 0) is 9.53 Å². The molecule has 1 heterocycles. The fraction of sp³-hybridized carbons (Fsp3) is 0.167. The molecular formula is C18H18N2O2. The molecule has 0 amide bonds. The second-order valence-electron chi connectivity index (χ2n) is 5.14. The summed E-state index contributed by atoms with van der Waals surface area (Å²) in [5, 5.41) is 1.03. The molecular weight excluding hydrogens is 276 g/mol. The number of nitrogen functional groups attached to an aromatic ring is 1. The van der Waals surface area contributed by atoms with Crippen LogP contribution < -0.4 is 5.73 Å². The average molecular weight is 294 g/mol. The Balaban J connectivity index is 2.12. The van der Waals surface area contributed by atoms with Crippen molar-refractivity contribution in [1.82, 2.24) is 4.98 Å². The first-order valence-electron chi connectivity index (χ1n) is 7.28. The Morgan fingerprint density at radius 3 is 2.64 bits per heavy atom. The molecule has 0 bridgehead atoms. The topological polar surface area (TPSA) is 68.1 Å². The van der Waals surface area contributed by atoms with Crippen LogP contribution in [0.4, 0.5) is 5.69 Å². The standard InChI is InChI=1S/C18H18N2O2/c1-2-22-18(21)17(12-7-9-13(19)10-8-12)15-11-20-16-6-4-3-5-14(15)16/h3-11,17,20H,2,19H2,1H3. The van der Waals surface area contributed by atoms with E-state index < -0.39 is 5.92 Å². The predicted octanol–water partition coefficient (Wildman–Crippen LogP) is 3.45. The van der Waals surface area contributed by atoms with Crippen molar-refractivity contribution in [2.75, 3.05) is 12.3 Å². The SMILES string of the molecule is CCOC(=O)C(c1ccc(N)cc1)c1c[nH]c2ccccc12. The van der Waals surface area contributed by atoms with E-state index in [1.807, 2.05) is 49.5 Å². The molecule has 0 saturated heterocycles. The van der Waals surface area contributed by atoms with Gasteiger partial charge in [-0.2, -0.15) is 0 Å². The maximum absolute atomic E-state index is 12.5. The van der Waals surface area contributed by atoms with E-state index in [0.717, 1.165) is 22.0 Å². The molecule has 0 aliphatic rings. The molecule has 1 atom stereocenters. The summed E-state index contributed by atoms with van der Waals surface area (Å²) in [6, 6.07) is 15.3. The van der Waals surface area contributed by atoms with Gasteiger partial charge in [-0.3, -0.25) is 4.79 Å². The molecule has 4 heteroatoms. The summed E-state index contributed by atoms with van der Waals surface area (Å²) in [6.07, 6.45) is 1.88. The van der Waals surface area contributed by atoms with E-state index in [1.54, 1.807) is 12.1 Å². The van der Waals surface area contributed by atoms with E-state index >= 15 is 0 Å². The zero-order chi connectivity index (χ0) is 15.5. The van der Waals surface area contributed by atoms with E-state index in [1.165, 1.54) is 0 Å². The smallest absolute Gasteiger partial charge is 0.317 e. The Kier molecular flexibility index (Phi) is 3.83. The third kappa shape index (κ3) is 2.55. The molecule has 0 saturated carbocycles. The lowest BCUT2D eigenvalue weighted by Crippen LogP contribution is -2.17. The zero-order valence-corrected chi connectivity index (χ0v) is 12.4. The van der Waals surface area contributed by atoms with Crippen LogP contribution in [0.15, 0.2) is 54.7 Å². The third-order valence-corrected chi connectivity index (χ3v) is 3.72. The lowest BCUT2D eigenvalue weighted by molar-refractivity contribution is -0.143. The number of rotatable bonds is 4. The van der Waals surface area contributed by atoms with Gasteiger partial charge in [0.25, 0.3) is 0 Å². The minimum atomic E-state index is -0.461. The number of nitrogens with two attached hydrogens (primary N) is 1. The highest BCUT2D eigenvalue weighted by Gasteiger charge is 2.26. The number of carbonyl (C=O) groups is 1. The van der Waals surface area contributed by atoms with Crippen LogP contribution in [0.5, 0.6) is 0 Å². The number of H-pyrrole nitrogens is 1. The number of nitrogens with one attached hydrogen (secondary N) is 1. The summed E-state index contributed by atoms with van der Waals surface area (Å²) in [4.78, 5) is 15.7. The molecule has 0 spiro atoms. The minimum absolute atomic E-state index is 0.253. The van der Waals surface area contributed by atoms with Crippen LogP contribution in [0.1, 0.15) is 24.0 Å². The number of benzene rings is 2. The van der Waals surface area contributed by atoms with Gasteiger partial charge < -0.3 is 15.5 Å². The molecule has 112 valence electrons. The van der Waals surface area contributed by atoms with Gasteiger partial charge in [0.1, 0.15) is 5.92 Å². The molecule has 2 aromatic carbocycles. The number of aromatic amines is 1. The fourth-order valence-corrected chi connectivity index (χ4v) is 2.69.